The summed E-state index contributed by atoms with van der Waals surface area (Å²) in [7, 11) is 0. The van der Waals surface area contributed by atoms with Gasteiger partial charge >= 0.3 is 0 Å². The molecule has 2 heteroatoms. The van der Waals surface area contributed by atoms with Gasteiger partial charge in [0.1, 0.15) is 0 Å². The van der Waals surface area contributed by atoms with Crippen LogP contribution in [0.2, 0.25) is 0 Å². The van der Waals surface area contributed by atoms with E-state index in [0.29, 0.717) is 0 Å². The molecule has 1 heterocycles. The first-order valence-corrected chi connectivity index (χ1v) is 7.00. The zero-order chi connectivity index (χ0) is 11.4. The van der Waals surface area contributed by atoms with Gasteiger partial charge in [-0.15, -0.1) is 0 Å². The summed E-state index contributed by atoms with van der Waals surface area (Å²) in [6, 6.07) is 8.67. The van der Waals surface area contributed by atoms with Gasteiger partial charge in [-0.3, -0.25) is 4.90 Å². The first-order chi connectivity index (χ1) is 7.74. The van der Waals surface area contributed by atoms with Gasteiger partial charge in [-0.05, 0) is 56.0 Å². The molecule has 1 fully saturated rings. The van der Waals surface area contributed by atoms with Crippen molar-refractivity contribution in [3.05, 3.63) is 34.3 Å². The van der Waals surface area contributed by atoms with Crippen LogP contribution in [0.1, 0.15) is 31.7 Å². The largest absolute Gasteiger partial charge is 0.299 e. The molecule has 88 valence electrons. The van der Waals surface area contributed by atoms with Crippen LogP contribution in [0.15, 0.2) is 28.7 Å². The predicted molar refractivity (Wildman–Crippen MR) is 72.4 cm³/mol. The summed E-state index contributed by atoms with van der Waals surface area (Å²) in [5.41, 5.74) is 1.42. The molecule has 0 bridgehead atoms. The maximum absolute atomic E-state index is 3.53. The third kappa shape index (κ3) is 3.60. The van der Waals surface area contributed by atoms with E-state index < -0.39 is 0 Å². The van der Waals surface area contributed by atoms with Crippen molar-refractivity contribution in [1.29, 1.82) is 0 Å². The van der Waals surface area contributed by atoms with E-state index in [1.54, 1.807) is 0 Å². The van der Waals surface area contributed by atoms with Crippen LogP contribution in [0.25, 0.3) is 0 Å². The summed E-state index contributed by atoms with van der Waals surface area (Å²) >= 11 is 3.53. The van der Waals surface area contributed by atoms with Crippen molar-refractivity contribution in [3.63, 3.8) is 0 Å². The highest BCUT2D eigenvalue weighted by atomic mass is 79.9. The average Bonchev–Trinajstić information content (AvgIpc) is 2.44. The third-order valence-corrected chi connectivity index (χ3v) is 3.90. The van der Waals surface area contributed by atoms with Gasteiger partial charge in [-0.25, -0.2) is 0 Å². The molecule has 1 atom stereocenters. The number of likely N-dealkylation sites (tertiary alicyclic amines) is 1. The smallest absolute Gasteiger partial charge is 0.0234 e. The van der Waals surface area contributed by atoms with Crippen LogP contribution < -0.4 is 0 Å². The highest BCUT2D eigenvalue weighted by molar-refractivity contribution is 9.10. The fraction of sp³-hybridized carbons (Fsp3) is 0.571. The van der Waals surface area contributed by atoms with Crippen molar-refractivity contribution in [3.8, 4) is 0 Å². The van der Waals surface area contributed by atoms with E-state index in [0.717, 1.165) is 12.5 Å². The molecule has 0 radical (unpaired) electrons. The van der Waals surface area contributed by atoms with Gasteiger partial charge in [0.2, 0.25) is 0 Å². The van der Waals surface area contributed by atoms with E-state index in [1.807, 2.05) is 0 Å². The molecule has 1 saturated heterocycles. The topological polar surface area (TPSA) is 3.24 Å². The Labute approximate surface area is 107 Å². The van der Waals surface area contributed by atoms with Crippen molar-refractivity contribution in [1.82, 2.24) is 4.90 Å². The fourth-order valence-electron chi connectivity index (χ4n) is 2.37. The Bertz CT molecular complexity index is 337. The lowest BCUT2D eigenvalue weighted by Gasteiger charge is -2.20. The molecule has 1 aliphatic heterocycles. The Hall–Kier alpha value is -0.340. The molecule has 1 aliphatic rings. The molecule has 1 aromatic carbocycles. The van der Waals surface area contributed by atoms with Crippen LogP contribution in [-0.2, 0) is 6.54 Å². The molecular formula is C14H20BrN. The van der Waals surface area contributed by atoms with E-state index in [4.69, 9.17) is 0 Å². The van der Waals surface area contributed by atoms with Gasteiger partial charge in [0, 0.05) is 11.0 Å². The Morgan fingerprint density at radius 2 is 2.19 bits per heavy atom. The zero-order valence-corrected chi connectivity index (χ0v) is 11.5. The van der Waals surface area contributed by atoms with E-state index in [-0.39, 0.29) is 0 Å². The van der Waals surface area contributed by atoms with Crippen LogP contribution in [0.3, 0.4) is 0 Å². The number of hydrogen-bond acceptors (Lipinski definition) is 1. The Balaban J connectivity index is 1.93. The van der Waals surface area contributed by atoms with Crippen LogP contribution in [0.4, 0.5) is 0 Å². The zero-order valence-electron chi connectivity index (χ0n) is 9.95. The van der Waals surface area contributed by atoms with Gasteiger partial charge < -0.3 is 0 Å². The van der Waals surface area contributed by atoms with Crippen molar-refractivity contribution >= 4 is 15.9 Å². The lowest BCUT2D eigenvalue weighted by molar-refractivity contribution is 0.273. The number of benzene rings is 1. The number of halogens is 1. The number of nitrogens with zero attached hydrogens (tertiary/aromatic N) is 1. The Kier molecular flexibility index (Phi) is 4.42. The predicted octanol–water partition coefficient (Wildman–Crippen LogP) is 4.07. The lowest BCUT2D eigenvalue weighted by Crippen LogP contribution is -2.24. The number of rotatable bonds is 2. The van der Waals surface area contributed by atoms with Crippen LogP contribution >= 0.6 is 15.9 Å². The molecule has 1 unspecified atom stereocenters. The minimum absolute atomic E-state index is 0.910. The van der Waals surface area contributed by atoms with E-state index in [2.05, 4.69) is 52.0 Å². The molecular weight excluding hydrogens is 262 g/mol. The van der Waals surface area contributed by atoms with Crippen molar-refractivity contribution < 1.29 is 0 Å². The maximum atomic E-state index is 3.53. The molecule has 16 heavy (non-hydrogen) atoms. The second kappa shape index (κ2) is 5.83. The Morgan fingerprint density at radius 1 is 1.31 bits per heavy atom. The summed E-state index contributed by atoms with van der Waals surface area (Å²) in [5, 5.41) is 0. The minimum atomic E-state index is 0.910. The third-order valence-electron chi connectivity index (χ3n) is 3.40. The van der Waals surface area contributed by atoms with Gasteiger partial charge in [-0.1, -0.05) is 35.0 Å². The summed E-state index contributed by atoms with van der Waals surface area (Å²) in [6.07, 6.45) is 4.11. The minimum Gasteiger partial charge on any atom is -0.299 e. The van der Waals surface area contributed by atoms with Crippen LogP contribution in [0, 0.1) is 5.92 Å². The van der Waals surface area contributed by atoms with Crippen molar-refractivity contribution in [2.24, 2.45) is 5.92 Å². The molecule has 0 saturated carbocycles. The molecule has 1 aromatic rings. The monoisotopic (exact) mass is 281 g/mol. The normalized spacial score (nSPS) is 23.0. The summed E-state index contributed by atoms with van der Waals surface area (Å²) in [4.78, 5) is 2.59. The maximum Gasteiger partial charge on any atom is 0.0234 e. The molecule has 0 aromatic heterocycles. The van der Waals surface area contributed by atoms with Crippen LogP contribution in [-0.4, -0.2) is 18.0 Å². The van der Waals surface area contributed by atoms with Crippen molar-refractivity contribution in [2.75, 3.05) is 13.1 Å². The lowest BCUT2D eigenvalue weighted by atomic mass is 10.0. The van der Waals surface area contributed by atoms with Gasteiger partial charge in [0.05, 0.1) is 0 Å². The Morgan fingerprint density at radius 3 is 3.00 bits per heavy atom. The summed E-state index contributed by atoms with van der Waals surface area (Å²) < 4.78 is 1.19. The number of hydrogen-bond donors (Lipinski definition) is 0. The summed E-state index contributed by atoms with van der Waals surface area (Å²) in [5.74, 6) is 0.910. The highest BCUT2D eigenvalue weighted by Gasteiger charge is 2.13. The second-order valence-corrected chi connectivity index (χ2v) is 5.86. The standard InChI is InChI=1S/C14H20BrN/c1-12-4-3-8-16(9-7-12)11-13-5-2-6-14(15)10-13/h2,5-6,10,12H,3-4,7-9,11H2,1H3. The second-order valence-electron chi connectivity index (χ2n) is 4.94. The van der Waals surface area contributed by atoms with Gasteiger partial charge in [0.25, 0.3) is 0 Å². The molecule has 0 aliphatic carbocycles. The quantitative estimate of drug-likeness (QED) is 0.790. The molecule has 0 spiro atoms. The van der Waals surface area contributed by atoms with Crippen LogP contribution in [0.5, 0.6) is 0 Å². The van der Waals surface area contributed by atoms with E-state index >= 15 is 0 Å². The average molecular weight is 282 g/mol. The molecule has 2 rings (SSSR count). The van der Waals surface area contributed by atoms with E-state index in [1.165, 1.54) is 42.4 Å². The fourth-order valence-corrected chi connectivity index (χ4v) is 2.82. The summed E-state index contributed by atoms with van der Waals surface area (Å²) in [6.45, 7) is 6.00. The van der Waals surface area contributed by atoms with Gasteiger partial charge in [0.15, 0.2) is 0 Å². The molecule has 0 N–H and O–H groups in total. The first-order valence-electron chi connectivity index (χ1n) is 6.21. The molecule has 1 nitrogen and oxygen atoms in total. The van der Waals surface area contributed by atoms with E-state index in [9.17, 15) is 0 Å². The highest BCUT2D eigenvalue weighted by Crippen LogP contribution is 2.19. The molecule has 0 amide bonds. The SMILES string of the molecule is CC1CCCN(Cc2cccc(Br)c2)CC1. The van der Waals surface area contributed by atoms with Crippen molar-refractivity contribution in [2.45, 2.75) is 32.7 Å². The van der Waals surface area contributed by atoms with Gasteiger partial charge in [-0.2, -0.15) is 0 Å². The first kappa shape index (κ1) is 12.1.